The summed E-state index contributed by atoms with van der Waals surface area (Å²) in [6.45, 7) is 0.611. The van der Waals surface area contributed by atoms with Crippen LogP contribution in [0.1, 0.15) is 6.42 Å². The van der Waals surface area contributed by atoms with Crippen LogP contribution in [0.15, 0.2) is 59.3 Å². The molecule has 1 heterocycles. The van der Waals surface area contributed by atoms with Crippen LogP contribution in [0.4, 0.5) is 5.69 Å². The maximum Gasteiger partial charge on any atom is 0.226 e. The maximum absolute atomic E-state index is 12.0. The number of hydrogen-bond acceptors (Lipinski definition) is 2. The van der Waals surface area contributed by atoms with E-state index in [1.165, 1.54) is 0 Å². The quantitative estimate of drug-likeness (QED) is 0.782. The van der Waals surface area contributed by atoms with E-state index in [4.69, 9.17) is 0 Å². The first-order chi connectivity index (χ1) is 10.2. The van der Waals surface area contributed by atoms with Gasteiger partial charge in [0.15, 0.2) is 0 Å². The van der Waals surface area contributed by atoms with Crippen LogP contribution in [0.25, 0.3) is 11.0 Å². The van der Waals surface area contributed by atoms with E-state index < -0.39 is 0 Å². The predicted octanol–water partition coefficient (Wildman–Crippen LogP) is 3.83. The van der Waals surface area contributed by atoms with Gasteiger partial charge in [-0.2, -0.15) is 0 Å². The number of amides is 1. The molecule has 0 saturated heterocycles. The number of imidazole rings is 1. The van der Waals surface area contributed by atoms with Crippen molar-refractivity contribution in [2.75, 3.05) is 5.32 Å². The standard InChI is InChI=1S/C16H14BrN3O/c17-12-4-3-5-13(10-12)19-16(21)8-9-20-11-18-14-6-1-2-7-15(14)20/h1-7,10-11H,8-9H2,(H,19,21). The van der Waals surface area contributed by atoms with Crippen molar-refractivity contribution >= 4 is 38.6 Å². The Morgan fingerprint density at radius 3 is 2.90 bits per heavy atom. The number of aryl methyl sites for hydroxylation is 1. The molecule has 0 saturated carbocycles. The normalized spacial score (nSPS) is 10.7. The number of rotatable bonds is 4. The van der Waals surface area contributed by atoms with Crippen LogP contribution in [0.2, 0.25) is 0 Å². The Labute approximate surface area is 130 Å². The number of halogens is 1. The van der Waals surface area contributed by atoms with E-state index in [0.717, 1.165) is 21.2 Å². The van der Waals surface area contributed by atoms with Gasteiger partial charge in [0.2, 0.25) is 5.91 Å². The lowest BCUT2D eigenvalue weighted by Crippen LogP contribution is -2.14. The van der Waals surface area contributed by atoms with Crippen LogP contribution < -0.4 is 5.32 Å². The van der Waals surface area contributed by atoms with Gasteiger partial charge in [0.05, 0.1) is 17.4 Å². The van der Waals surface area contributed by atoms with Gasteiger partial charge in [0, 0.05) is 23.1 Å². The molecule has 1 amide bonds. The molecule has 1 N–H and O–H groups in total. The number of fused-ring (bicyclic) bond motifs is 1. The monoisotopic (exact) mass is 343 g/mol. The molecule has 0 radical (unpaired) electrons. The summed E-state index contributed by atoms with van der Waals surface area (Å²) in [6, 6.07) is 15.5. The molecule has 0 spiro atoms. The van der Waals surface area contributed by atoms with E-state index in [1.54, 1.807) is 6.33 Å². The van der Waals surface area contributed by atoms with E-state index in [2.05, 4.69) is 26.2 Å². The Hall–Kier alpha value is -2.14. The van der Waals surface area contributed by atoms with Crippen molar-refractivity contribution in [3.05, 3.63) is 59.3 Å². The van der Waals surface area contributed by atoms with Crippen LogP contribution in [0, 0.1) is 0 Å². The molecule has 21 heavy (non-hydrogen) atoms. The van der Waals surface area contributed by atoms with E-state index in [1.807, 2.05) is 53.1 Å². The molecule has 0 fully saturated rings. The van der Waals surface area contributed by atoms with Crippen LogP contribution in [-0.4, -0.2) is 15.5 Å². The fourth-order valence-corrected chi connectivity index (χ4v) is 2.60. The number of nitrogens with zero attached hydrogens (tertiary/aromatic N) is 2. The SMILES string of the molecule is O=C(CCn1cnc2ccccc21)Nc1cccc(Br)c1. The summed E-state index contributed by atoms with van der Waals surface area (Å²) in [5.74, 6) is -0.00844. The van der Waals surface area contributed by atoms with Gasteiger partial charge in [-0.1, -0.05) is 34.1 Å². The lowest BCUT2D eigenvalue weighted by molar-refractivity contribution is -0.116. The molecule has 0 aliphatic carbocycles. The summed E-state index contributed by atoms with van der Waals surface area (Å²) in [5.41, 5.74) is 2.79. The first-order valence-electron chi connectivity index (χ1n) is 6.68. The Balaban J connectivity index is 1.63. The number of hydrogen-bond donors (Lipinski definition) is 1. The Morgan fingerprint density at radius 1 is 1.19 bits per heavy atom. The first-order valence-corrected chi connectivity index (χ1v) is 7.47. The molecular weight excluding hydrogens is 330 g/mol. The second-order valence-corrected chi connectivity index (χ2v) is 5.65. The number of carbonyl (C=O) groups excluding carboxylic acids is 1. The molecule has 4 nitrogen and oxygen atoms in total. The third-order valence-corrected chi connectivity index (χ3v) is 3.71. The zero-order chi connectivity index (χ0) is 14.7. The van der Waals surface area contributed by atoms with Crippen molar-refractivity contribution in [1.82, 2.24) is 9.55 Å². The largest absolute Gasteiger partial charge is 0.330 e. The van der Waals surface area contributed by atoms with Crippen LogP contribution >= 0.6 is 15.9 Å². The van der Waals surface area contributed by atoms with E-state index in [9.17, 15) is 4.79 Å². The molecule has 3 aromatic rings. The number of carbonyl (C=O) groups is 1. The zero-order valence-corrected chi connectivity index (χ0v) is 12.9. The summed E-state index contributed by atoms with van der Waals surface area (Å²) in [4.78, 5) is 16.3. The fourth-order valence-electron chi connectivity index (χ4n) is 2.20. The second kappa shape index (κ2) is 6.10. The summed E-state index contributed by atoms with van der Waals surface area (Å²) in [5, 5.41) is 2.89. The molecule has 0 aliphatic heterocycles. The van der Waals surface area contributed by atoms with Gasteiger partial charge < -0.3 is 9.88 Å². The summed E-state index contributed by atoms with van der Waals surface area (Å²) in [7, 11) is 0. The van der Waals surface area contributed by atoms with E-state index in [-0.39, 0.29) is 5.91 Å². The summed E-state index contributed by atoms with van der Waals surface area (Å²) >= 11 is 3.39. The van der Waals surface area contributed by atoms with Crippen molar-refractivity contribution in [3.63, 3.8) is 0 Å². The molecule has 0 atom stereocenters. The number of anilines is 1. The highest BCUT2D eigenvalue weighted by Gasteiger charge is 2.06. The highest BCUT2D eigenvalue weighted by molar-refractivity contribution is 9.10. The molecule has 106 valence electrons. The molecule has 3 rings (SSSR count). The van der Waals surface area contributed by atoms with Gasteiger partial charge in [0.1, 0.15) is 0 Å². The highest BCUT2D eigenvalue weighted by atomic mass is 79.9. The molecule has 0 unspecified atom stereocenters. The molecule has 5 heteroatoms. The number of aromatic nitrogens is 2. The fraction of sp³-hybridized carbons (Fsp3) is 0.125. The van der Waals surface area contributed by atoms with E-state index in [0.29, 0.717) is 13.0 Å². The highest BCUT2D eigenvalue weighted by Crippen LogP contribution is 2.16. The maximum atomic E-state index is 12.0. The minimum atomic E-state index is -0.00844. The second-order valence-electron chi connectivity index (χ2n) is 4.74. The van der Waals surface area contributed by atoms with Gasteiger partial charge in [-0.3, -0.25) is 4.79 Å². The van der Waals surface area contributed by atoms with Gasteiger partial charge >= 0.3 is 0 Å². The lowest BCUT2D eigenvalue weighted by atomic mass is 10.3. The summed E-state index contributed by atoms with van der Waals surface area (Å²) in [6.07, 6.45) is 2.18. The molecule has 1 aromatic heterocycles. The van der Waals surface area contributed by atoms with Crippen LogP contribution in [0.3, 0.4) is 0 Å². The van der Waals surface area contributed by atoms with Crippen molar-refractivity contribution in [3.8, 4) is 0 Å². The van der Waals surface area contributed by atoms with Crippen molar-refractivity contribution < 1.29 is 4.79 Å². The van der Waals surface area contributed by atoms with E-state index >= 15 is 0 Å². The van der Waals surface area contributed by atoms with Crippen molar-refractivity contribution in [2.45, 2.75) is 13.0 Å². The van der Waals surface area contributed by atoms with Gasteiger partial charge in [-0.25, -0.2) is 4.98 Å². The van der Waals surface area contributed by atoms with Gasteiger partial charge in [0.25, 0.3) is 0 Å². The van der Waals surface area contributed by atoms with Gasteiger partial charge in [-0.15, -0.1) is 0 Å². The Kier molecular flexibility index (Phi) is 4.01. The first kappa shape index (κ1) is 13.8. The molecule has 0 bridgehead atoms. The molecule has 2 aromatic carbocycles. The van der Waals surface area contributed by atoms with Gasteiger partial charge in [-0.05, 0) is 30.3 Å². The minimum Gasteiger partial charge on any atom is -0.330 e. The number of benzene rings is 2. The topological polar surface area (TPSA) is 46.9 Å². The smallest absolute Gasteiger partial charge is 0.226 e. The summed E-state index contributed by atoms with van der Waals surface area (Å²) < 4.78 is 2.94. The third kappa shape index (κ3) is 3.31. The van der Waals surface area contributed by atoms with Crippen molar-refractivity contribution in [1.29, 1.82) is 0 Å². The zero-order valence-electron chi connectivity index (χ0n) is 11.3. The third-order valence-electron chi connectivity index (χ3n) is 3.22. The Bertz CT molecular complexity index is 782. The minimum absolute atomic E-state index is 0.00844. The molecular formula is C16H14BrN3O. The number of para-hydroxylation sites is 2. The average Bonchev–Trinajstić information content (AvgIpc) is 2.88. The lowest BCUT2D eigenvalue weighted by Gasteiger charge is -2.07. The van der Waals surface area contributed by atoms with Crippen LogP contribution in [0.5, 0.6) is 0 Å². The predicted molar refractivity (Wildman–Crippen MR) is 87.1 cm³/mol. The average molecular weight is 344 g/mol. The number of nitrogens with one attached hydrogen (secondary N) is 1. The van der Waals surface area contributed by atoms with Crippen molar-refractivity contribution in [2.24, 2.45) is 0 Å². The molecule has 0 aliphatic rings. The Morgan fingerprint density at radius 2 is 2.05 bits per heavy atom. The van der Waals surface area contributed by atoms with Crippen LogP contribution in [-0.2, 0) is 11.3 Å².